The van der Waals surface area contributed by atoms with Gasteiger partial charge in [-0.05, 0) is 35.4 Å². The first-order chi connectivity index (χ1) is 15.6. The van der Waals surface area contributed by atoms with Crippen LogP contribution in [0.4, 0.5) is 0 Å². The van der Waals surface area contributed by atoms with Crippen LogP contribution in [0.2, 0.25) is 0 Å². The van der Waals surface area contributed by atoms with Gasteiger partial charge in [0.05, 0.1) is 21.3 Å². The molecule has 7 heteroatoms. The van der Waals surface area contributed by atoms with Crippen molar-refractivity contribution in [1.29, 1.82) is 0 Å². The Labute approximate surface area is 187 Å². The molecule has 7 nitrogen and oxygen atoms in total. The minimum Gasteiger partial charge on any atom is -0.493 e. The summed E-state index contributed by atoms with van der Waals surface area (Å²) in [6, 6.07) is 21.5. The first-order valence-corrected chi connectivity index (χ1v) is 9.97. The molecule has 0 saturated carbocycles. The smallest absolute Gasteiger partial charge is 0.350 e. The number of methoxy groups -OCH3 is 3. The molecule has 0 aliphatic heterocycles. The number of carbonyl (C=O) groups is 1. The molecule has 3 aromatic carbocycles. The highest BCUT2D eigenvalue weighted by Crippen LogP contribution is 2.34. The summed E-state index contributed by atoms with van der Waals surface area (Å²) in [6.07, 6.45) is -2.65. The standard InChI is InChI=1S/C25H26O7/c1-28-19-11-7-8-12-21(19)32-24(25(27)30-3)23(26)18-13-14-20(22(15-18)29-2)31-16-17-9-5-4-6-10-17/h4-15,23-24,26H,16H2,1-3H3/t23-,24-/m1/s1. The molecule has 0 unspecified atom stereocenters. The lowest BCUT2D eigenvalue weighted by Gasteiger charge is -2.24. The number of aliphatic hydroxyl groups excluding tert-OH is 1. The molecule has 0 aromatic heterocycles. The van der Waals surface area contributed by atoms with Crippen molar-refractivity contribution < 1.29 is 33.6 Å². The Balaban J connectivity index is 1.82. The first-order valence-electron chi connectivity index (χ1n) is 9.97. The maximum atomic E-state index is 12.4. The van der Waals surface area contributed by atoms with Crippen molar-refractivity contribution in [2.45, 2.75) is 18.8 Å². The number of para-hydroxylation sites is 2. The molecule has 0 saturated heterocycles. The van der Waals surface area contributed by atoms with E-state index in [1.807, 2.05) is 30.3 Å². The summed E-state index contributed by atoms with van der Waals surface area (Å²) in [7, 11) is 4.23. The van der Waals surface area contributed by atoms with E-state index in [1.54, 1.807) is 42.5 Å². The third kappa shape index (κ3) is 5.50. The van der Waals surface area contributed by atoms with E-state index < -0.39 is 18.2 Å². The zero-order chi connectivity index (χ0) is 22.9. The van der Waals surface area contributed by atoms with Gasteiger partial charge in [-0.15, -0.1) is 0 Å². The largest absolute Gasteiger partial charge is 0.493 e. The molecule has 168 valence electrons. The van der Waals surface area contributed by atoms with Gasteiger partial charge in [0.15, 0.2) is 23.0 Å². The molecule has 0 fully saturated rings. The van der Waals surface area contributed by atoms with E-state index >= 15 is 0 Å². The molecule has 2 atom stereocenters. The van der Waals surface area contributed by atoms with Gasteiger partial charge in [0.1, 0.15) is 12.7 Å². The SMILES string of the molecule is COC(=O)[C@H](Oc1ccccc1OC)[C@H](O)c1ccc(OCc2ccccc2)c(OC)c1. The molecule has 0 spiro atoms. The summed E-state index contributed by atoms with van der Waals surface area (Å²) >= 11 is 0. The van der Waals surface area contributed by atoms with Crippen molar-refractivity contribution in [3.05, 3.63) is 83.9 Å². The Bertz CT molecular complexity index is 1020. The van der Waals surface area contributed by atoms with Crippen molar-refractivity contribution in [3.8, 4) is 23.0 Å². The van der Waals surface area contributed by atoms with E-state index in [1.165, 1.54) is 21.3 Å². The number of benzene rings is 3. The predicted octanol–water partition coefficient (Wildman–Crippen LogP) is 3.94. The quantitative estimate of drug-likeness (QED) is 0.480. The molecule has 0 amide bonds. The second-order valence-electron chi connectivity index (χ2n) is 6.84. The van der Waals surface area contributed by atoms with Gasteiger partial charge in [0, 0.05) is 0 Å². The maximum absolute atomic E-state index is 12.4. The van der Waals surface area contributed by atoms with E-state index in [0.29, 0.717) is 35.2 Å². The first kappa shape index (κ1) is 23.0. The topological polar surface area (TPSA) is 83.5 Å². The van der Waals surface area contributed by atoms with E-state index in [2.05, 4.69) is 0 Å². The Morgan fingerprint density at radius 1 is 0.812 bits per heavy atom. The lowest BCUT2D eigenvalue weighted by atomic mass is 10.0. The summed E-state index contributed by atoms with van der Waals surface area (Å²) in [4.78, 5) is 12.4. The van der Waals surface area contributed by atoms with Gasteiger partial charge >= 0.3 is 5.97 Å². The number of hydrogen-bond donors (Lipinski definition) is 1. The summed E-state index contributed by atoms with van der Waals surface area (Å²) in [5.41, 5.74) is 1.41. The Morgan fingerprint density at radius 3 is 2.12 bits per heavy atom. The lowest BCUT2D eigenvalue weighted by molar-refractivity contribution is -0.154. The van der Waals surface area contributed by atoms with Crippen LogP contribution in [0.25, 0.3) is 0 Å². The molecule has 0 radical (unpaired) electrons. The monoisotopic (exact) mass is 438 g/mol. The van der Waals surface area contributed by atoms with Crippen LogP contribution in [0.5, 0.6) is 23.0 Å². The molecule has 0 heterocycles. The molecule has 3 rings (SSSR count). The minimum absolute atomic E-state index is 0.305. The lowest BCUT2D eigenvalue weighted by Crippen LogP contribution is -2.35. The zero-order valence-electron chi connectivity index (χ0n) is 18.2. The minimum atomic E-state index is -1.33. The van der Waals surface area contributed by atoms with E-state index in [0.717, 1.165) is 5.56 Å². The predicted molar refractivity (Wildman–Crippen MR) is 118 cm³/mol. The number of esters is 1. The fraction of sp³-hybridized carbons (Fsp3) is 0.240. The summed E-state index contributed by atoms with van der Waals surface area (Å²) in [5.74, 6) is 0.924. The Kier molecular flexibility index (Phi) is 7.94. The van der Waals surface area contributed by atoms with Crippen molar-refractivity contribution in [1.82, 2.24) is 0 Å². The molecular weight excluding hydrogens is 412 g/mol. The van der Waals surface area contributed by atoms with Gasteiger partial charge in [0.25, 0.3) is 0 Å². The van der Waals surface area contributed by atoms with Gasteiger partial charge in [-0.2, -0.15) is 0 Å². The number of carbonyl (C=O) groups excluding carboxylic acids is 1. The fourth-order valence-corrected chi connectivity index (χ4v) is 3.11. The highest BCUT2D eigenvalue weighted by atomic mass is 16.6. The molecular formula is C25H26O7. The third-order valence-corrected chi connectivity index (χ3v) is 4.81. The van der Waals surface area contributed by atoms with Crippen molar-refractivity contribution in [2.24, 2.45) is 0 Å². The molecule has 1 N–H and O–H groups in total. The fourth-order valence-electron chi connectivity index (χ4n) is 3.11. The average molecular weight is 438 g/mol. The summed E-state index contributed by atoms with van der Waals surface area (Å²) in [5, 5.41) is 11.0. The van der Waals surface area contributed by atoms with Gasteiger partial charge < -0.3 is 28.8 Å². The average Bonchev–Trinajstić information content (AvgIpc) is 2.85. The zero-order valence-corrected chi connectivity index (χ0v) is 18.2. The molecule has 32 heavy (non-hydrogen) atoms. The van der Waals surface area contributed by atoms with Crippen LogP contribution in [0.15, 0.2) is 72.8 Å². The van der Waals surface area contributed by atoms with Crippen LogP contribution >= 0.6 is 0 Å². The third-order valence-electron chi connectivity index (χ3n) is 4.81. The molecule has 0 aliphatic rings. The molecule has 3 aromatic rings. The van der Waals surface area contributed by atoms with E-state index in [9.17, 15) is 9.90 Å². The number of aliphatic hydroxyl groups is 1. The van der Waals surface area contributed by atoms with Gasteiger partial charge in [-0.1, -0.05) is 48.5 Å². The second kappa shape index (κ2) is 11.1. The number of hydrogen-bond acceptors (Lipinski definition) is 7. The Morgan fingerprint density at radius 2 is 1.47 bits per heavy atom. The number of rotatable bonds is 10. The van der Waals surface area contributed by atoms with Crippen LogP contribution in [-0.2, 0) is 16.1 Å². The Hall–Kier alpha value is -3.71. The van der Waals surface area contributed by atoms with Crippen LogP contribution in [-0.4, -0.2) is 38.5 Å². The van der Waals surface area contributed by atoms with Crippen molar-refractivity contribution >= 4 is 5.97 Å². The summed E-state index contributed by atoms with van der Waals surface area (Å²) in [6.45, 7) is 0.362. The van der Waals surface area contributed by atoms with Crippen LogP contribution < -0.4 is 18.9 Å². The van der Waals surface area contributed by atoms with Gasteiger partial charge in [0.2, 0.25) is 6.10 Å². The van der Waals surface area contributed by atoms with Crippen molar-refractivity contribution in [3.63, 3.8) is 0 Å². The van der Waals surface area contributed by atoms with E-state index in [4.69, 9.17) is 23.7 Å². The van der Waals surface area contributed by atoms with Crippen LogP contribution in [0.1, 0.15) is 17.2 Å². The van der Waals surface area contributed by atoms with Crippen LogP contribution in [0.3, 0.4) is 0 Å². The molecule has 0 aliphatic carbocycles. The van der Waals surface area contributed by atoms with Gasteiger partial charge in [-0.25, -0.2) is 4.79 Å². The van der Waals surface area contributed by atoms with Gasteiger partial charge in [-0.3, -0.25) is 0 Å². The highest BCUT2D eigenvalue weighted by molar-refractivity contribution is 5.76. The normalized spacial score (nSPS) is 12.4. The number of ether oxygens (including phenoxy) is 5. The second-order valence-corrected chi connectivity index (χ2v) is 6.84. The maximum Gasteiger partial charge on any atom is 0.350 e. The highest BCUT2D eigenvalue weighted by Gasteiger charge is 2.32. The van der Waals surface area contributed by atoms with E-state index in [-0.39, 0.29) is 0 Å². The summed E-state index contributed by atoms with van der Waals surface area (Å²) < 4.78 is 27.2. The van der Waals surface area contributed by atoms with Crippen molar-refractivity contribution in [2.75, 3.05) is 21.3 Å². The van der Waals surface area contributed by atoms with Crippen LogP contribution in [0, 0.1) is 0 Å². The molecule has 0 bridgehead atoms.